The smallest absolute Gasteiger partial charge is 0 e. The van der Waals surface area contributed by atoms with Gasteiger partial charge in [0.1, 0.15) is 0 Å². The second-order valence-corrected chi connectivity index (χ2v) is 0. The van der Waals surface area contributed by atoms with Crippen LogP contribution in [-0.2, 0) is 49.5 Å². The van der Waals surface area contributed by atoms with Gasteiger partial charge in [0.25, 0.3) is 0 Å². The van der Waals surface area contributed by atoms with Crippen LogP contribution < -0.4 is 0 Å². The monoisotopic (exact) mass is 210 g/mol. The van der Waals surface area contributed by atoms with Crippen LogP contribution in [0.15, 0.2) is 0 Å². The van der Waals surface area contributed by atoms with Crippen LogP contribution in [0.1, 0.15) is 0 Å². The Morgan fingerprint density at radius 1 is 0.400 bits per heavy atom. The molecule has 0 radical (unpaired) electrons. The van der Waals surface area contributed by atoms with Crippen molar-refractivity contribution in [3.8, 4) is 0 Å². The molecule has 2 nitrogen and oxygen atoms in total. The predicted octanol–water partition coefficient (Wildman–Crippen LogP) is -1.66. The first-order valence-electron chi connectivity index (χ1n) is 0. The quantitative estimate of drug-likeness (QED) is 0.431. The van der Waals surface area contributed by atoms with E-state index in [9.17, 15) is 0 Å². The van der Waals surface area contributed by atoms with Crippen LogP contribution in [0.3, 0.4) is 0 Å². The Balaban J connectivity index is 0. The van der Waals surface area contributed by atoms with Crippen molar-refractivity contribution in [3.05, 3.63) is 0 Å². The Bertz CT molecular complexity index is 4.85. The van der Waals surface area contributed by atoms with Crippen LogP contribution in [-0.4, -0.2) is 11.0 Å². The molecule has 4 N–H and O–H groups in total. The molecule has 0 bridgehead atoms. The molecule has 0 saturated heterocycles. The topological polar surface area (TPSA) is 63.0 Å². The van der Waals surface area contributed by atoms with Crippen LogP contribution in [0.4, 0.5) is 0 Å². The minimum absolute atomic E-state index is 0. The molecule has 0 aliphatic heterocycles. The van der Waals surface area contributed by atoms with Crippen molar-refractivity contribution in [2.45, 2.75) is 0 Å². The first-order chi connectivity index (χ1) is 0. The van der Waals surface area contributed by atoms with Crippen LogP contribution in [0.25, 0.3) is 0 Å². The molecule has 0 heterocycles. The molecule has 0 saturated carbocycles. The maximum Gasteiger partial charge on any atom is 0 e. The van der Waals surface area contributed by atoms with Crippen molar-refractivity contribution < 1.29 is 60.4 Å². The summed E-state index contributed by atoms with van der Waals surface area (Å²) in [4.78, 5) is 0. The summed E-state index contributed by atoms with van der Waals surface area (Å²) in [5.41, 5.74) is 0. The molecule has 0 aromatic heterocycles. The first-order valence-corrected chi connectivity index (χ1v) is 0. The molecule has 0 rings (SSSR count). The summed E-state index contributed by atoms with van der Waals surface area (Å²) in [5.74, 6) is 0. The summed E-state index contributed by atoms with van der Waals surface area (Å²) in [7, 11) is 0. The van der Waals surface area contributed by atoms with Gasteiger partial charge in [0.2, 0.25) is 0 Å². The molecule has 0 amide bonds. The first kappa shape index (κ1) is 95.2. The summed E-state index contributed by atoms with van der Waals surface area (Å²) in [5, 5.41) is 0. The van der Waals surface area contributed by atoms with Gasteiger partial charge in [0.15, 0.2) is 0 Å². The summed E-state index contributed by atoms with van der Waals surface area (Å²) in [6.07, 6.45) is 0. The van der Waals surface area contributed by atoms with Crippen molar-refractivity contribution >= 4 is 0 Å². The molecule has 0 aliphatic carbocycles. The van der Waals surface area contributed by atoms with E-state index in [2.05, 4.69) is 0 Å². The second-order valence-electron chi connectivity index (χ2n) is 0. The zero-order valence-corrected chi connectivity index (χ0v) is 4.91. The van der Waals surface area contributed by atoms with Gasteiger partial charge in [-0.3, -0.25) is 0 Å². The van der Waals surface area contributed by atoms with Crippen molar-refractivity contribution in [1.82, 2.24) is 0 Å². The van der Waals surface area contributed by atoms with Gasteiger partial charge < -0.3 is 11.0 Å². The minimum atomic E-state index is 0. The average molecular weight is 212 g/mol. The number of hydrogen-bond donors (Lipinski definition) is 0. The molecule has 0 aromatic carbocycles. The normalized spacial score (nSPS) is 0. The second kappa shape index (κ2) is 53.3. The standard InChI is InChI=1S/3Ni.2H2O/h;;;2*1H2. The van der Waals surface area contributed by atoms with Crippen molar-refractivity contribution in [1.29, 1.82) is 0 Å². The third-order valence-corrected chi connectivity index (χ3v) is 0. The van der Waals surface area contributed by atoms with Gasteiger partial charge in [-0.1, -0.05) is 0 Å². The molecular weight excluding hydrogens is 208 g/mol. The van der Waals surface area contributed by atoms with Crippen molar-refractivity contribution in [3.63, 3.8) is 0 Å². The van der Waals surface area contributed by atoms with Gasteiger partial charge in [-0.05, 0) is 0 Å². The molecule has 0 aromatic rings. The maximum atomic E-state index is 0. The van der Waals surface area contributed by atoms with E-state index < -0.39 is 0 Å². The Morgan fingerprint density at radius 3 is 0.400 bits per heavy atom. The van der Waals surface area contributed by atoms with Crippen molar-refractivity contribution in [2.75, 3.05) is 0 Å². The van der Waals surface area contributed by atoms with Crippen LogP contribution in [0, 0.1) is 0 Å². The maximum absolute atomic E-state index is 0. The molecular formula is H4Ni3O2. The van der Waals surface area contributed by atoms with E-state index >= 15 is 0 Å². The van der Waals surface area contributed by atoms with E-state index in [4.69, 9.17) is 0 Å². The summed E-state index contributed by atoms with van der Waals surface area (Å²) >= 11 is 0. The van der Waals surface area contributed by atoms with E-state index in [-0.39, 0.29) is 60.4 Å². The Morgan fingerprint density at radius 2 is 0.400 bits per heavy atom. The van der Waals surface area contributed by atoms with E-state index in [1.807, 2.05) is 0 Å². The molecule has 5 heavy (non-hydrogen) atoms. The van der Waals surface area contributed by atoms with Crippen LogP contribution >= 0.6 is 0 Å². The van der Waals surface area contributed by atoms with Crippen LogP contribution in [0.5, 0.6) is 0 Å². The summed E-state index contributed by atoms with van der Waals surface area (Å²) < 4.78 is 0. The Kier molecular flexibility index (Phi) is 1010. The Labute approximate surface area is 60.5 Å². The fourth-order valence-electron chi connectivity index (χ4n) is 0. The minimum Gasteiger partial charge on any atom is -0.412 e. The van der Waals surface area contributed by atoms with E-state index in [1.165, 1.54) is 0 Å². The van der Waals surface area contributed by atoms with Gasteiger partial charge in [0.05, 0.1) is 0 Å². The zero-order valence-electron chi connectivity index (χ0n) is 1.95. The van der Waals surface area contributed by atoms with Gasteiger partial charge in [-0.15, -0.1) is 0 Å². The van der Waals surface area contributed by atoms with Crippen LogP contribution in [0.2, 0.25) is 0 Å². The Hall–Kier alpha value is 1.40. The average Bonchev–Trinajstić information content (AvgIpc) is 0. The van der Waals surface area contributed by atoms with E-state index in [0.717, 1.165) is 0 Å². The summed E-state index contributed by atoms with van der Waals surface area (Å²) in [6.45, 7) is 0. The third-order valence-electron chi connectivity index (χ3n) is 0. The third kappa shape index (κ3) is 31.8. The molecule has 0 spiro atoms. The SMILES string of the molecule is O.O.[Ni].[Ni].[Ni]. The largest absolute Gasteiger partial charge is 0.412 e. The number of hydrogen-bond acceptors (Lipinski definition) is 0. The molecule has 0 unspecified atom stereocenters. The van der Waals surface area contributed by atoms with E-state index in [0.29, 0.717) is 0 Å². The molecule has 0 aliphatic rings. The fraction of sp³-hybridized carbons (Fsp3) is 0. The van der Waals surface area contributed by atoms with Gasteiger partial charge in [-0.25, -0.2) is 0 Å². The molecule has 5 heteroatoms. The predicted molar refractivity (Wildman–Crippen MR) is 7.23 cm³/mol. The number of rotatable bonds is 0. The molecule has 46 valence electrons. The van der Waals surface area contributed by atoms with E-state index in [1.54, 1.807) is 0 Å². The van der Waals surface area contributed by atoms with Crippen molar-refractivity contribution in [2.24, 2.45) is 0 Å². The molecule has 0 atom stereocenters. The van der Waals surface area contributed by atoms with Gasteiger partial charge in [-0.2, -0.15) is 0 Å². The van der Waals surface area contributed by atoms with Gasteiger partial charge >= 0.3 is 0 Å². The molecule has 0 fully saturated rings. The van der Waals surface area contributed by atoms with Gasteiger partial charge in [0, 0.05) is 49.5 Å². The summed E-state index contributed by atoms with van der Waals surface area (Å²) in [6, 6.07) is 0. The fourth-order valence-corrected chi connectivity index (χ4v) is 0. The zero-order chi connectivity index (χ0) is 0.